The van der Waals surface area contributed by atoms with Crippen LogP contribution in [0.5, 0.6) is 23.0 Å². The first-order chi connectivity index (χ1) is 16.5. The number of piperidine rings is 1. The predicted molar refractivity (Wildman–Crippen MR) is 127 cm³/mol. The molecular weight excluding hydrogens is 434 g/mol. The van der Waals surface area contributed by atoms with Crippen molar-refractivity contribution in [3.05, 3.63) is 53.6 Å². The van der Waals surface area contributed by atoms with Gasteiger partial charge < -0.3 is 29.0 Å². The summed E-state index contributed by atoms with van der Waals surface area (Å²) in [5.74, 6) is 2.61. The average Bonchev–Trinajstić information content (AvgIpc) is 3.34. The lowest BCUT2D eigenvalue weighted by molar-refractivity contribution is -0.151. The zero-order valence-electron chi connectivity index (χ0n) is 19.7. The van der Waals surface area contributed by atoms with Crippen LogP contribution in [0.1, 0.15) is 49.3 Å². The first kappa shape index (κ1) is 22.6. The molecule has 3 aliphatic rings. The minimum Gasteiger partial charge on any atom is -0.497 e. The van der Waals surface area contributed by atoms with Crippen molar-refractivity contribution < 1.29 is 28.8 Å². The van der Waals surface area contributed by atoms with Gasteiger partial charge in [-0.05, 0) is 61.2 Å². The van der Waals surface area contributed by atoms with Gasteiger partial charge >= 0.3 is 0 Å². The fourth-order valence-corrected chi connectivity index (χ4v) is 5.66. The van der Waals surface area contributed by atoms with Crippen LogP contribution >= 0.6 is 0 Å². The zero-order valence-corrected chi connectivity index (χ0v) is 19.7. The highest BCUT2D eigenvalue weighted by atomic mass is 16.7. The third-order valence-electron chi connectivity index (χ3n) is 7.42. The number of hydrogen-bond acceptors (Lipinski definition) is 6. The number of amides is 1. The van der Waals surface area contributed by atoms with E-state index in [0.29, 0.717) is 36.0 Å². The summed E-state index contributed by atoms with van der Waals surface area (Å²) in [5.41, 5.74) is 0.949. The number of carbonyl (C=O) groups is 1. The standard InChI is InChI=1S/C27H31NO6/c1-31-19-8-10-22(32-2)20(16-19)26-21-5-3-4-12-27(21,30)13-14-28(26)25(29)11-7-18-6-9-23-24(15-18)34-17-33-23/h6-11,15-16,21,26,30H,3-5,12-14,17H2,1-2H3/t21?,26-,27?/m0/s1. The Hall–Kier alpha value is -3.19. The van der Waals surface area contributed by atoms with Gasteiger partial charge in [0.15, 0.2) is 11.5 Å². The normalized spacial score (nSPS) is 25.8. The van der Waals surface area contributed by atoms with Gasteiger partial charge in [0.25, 0.3) is 0 Å². The number of methoxy groups -OCH3 is 2. The molecule has 2 unspecified atom stereocenters. The van der Waals surface area contributed by atoms with Crippen molar-refractivity contribution in [1.29, 1.82) is 0 Å². The maximum absolute atomic E-state index is 13.6. The smallest absolute Gasteiger partial charge is 0.247 e. The van der Waals surface area contributed by atoms with Crippen LogP contribution < -0.4 is 18.9 Å². The Morgan fingerprint density at radius 1 is 1.09 bits per heavy atom. The van der Waals surface area contributed by atoms with E-state index in [1.165, 1.54) is 0 Å². The second-order valence-electron chi connectivity index (χ2n) is 9.24. The van der Waals surface area contributed by atoms with Gasteiger partial charge in [0, 0.05) is 24.1 Å². The van der Waals surface area contributed by atoms with Gasteiger partial charge in [-0.15, -0.1) is 0 Å². The SMILES string of the molecule is COc1ccc(OC)c([C@H]2C3CCCCC3(O)CCN2C(=O)C=Cc2ccc3c(c2)OCO3)c1. The van der Waals surface area contributed by atoms with E-state index >= 15 is 0 Å². The van der Waals surface area contributed by atoms with Crippen molar-refractivity contribution in [2.45, 2.75) is 43.7 Å². The molecule has 1 saturated heterocycles. The lowest BCUT2D eigenvalue weighted by Crippen LogP contribution is -2.56. The average molecular weight is 466 g/mol. The highest BCUT2D eigenvalue weighted by Crippen LogP contribution is 2.51. The molecule has 2 aliphatic heterocycles. The number of ether oxygens (including phenoxy) is 4. The molecule has 2 heterocycles. The molecule has 0 radical (unpaired) electrons. The van der Waals surface area contributed by atoms with Crippen LogP contribution in [0, 0.1) is 5.92 Å². The highest BCUT2D eigenvalue weighted by Gasteiger charge is 2.50. The maximum Gasteiger partial charge on any atom is 0.247 e. The van der Waals surface area contributed by atoms with Crippen LogP contribution in [0.3, 0.4) is 0 Å². The molecule has 2 fully saturated rings. The second kappa shape index (κ2) is 9.22. The fourth-order valence-electron chi connectivity index (χ4n) is 5.66. The van der Waals surface area contributed by atoms with Crippen molar-refractivity contribution in [2.24, 2.45) is 5.92 Å². The summed E-state index contributed by atoms with van der Waals surface area (Å²) in [6, 6.07) is 11.0. The van der Waals surface area contributed by atoms with Crippen molar-refractivity contribution >= 4 is 12.0 Å². The summed E-state index contributed by atoms with van der Waals surface area (Å²) in [4.78, 5) is 15.4. The number of hydrogen-bond donors (Lipinski definition) is 1. The summed E-state index contributed by atoms with van der Waals surface area (Å²) < 4.78 is 22.0. The lowest BCUT2D eigenvalue weighted by atomic mass is 9.66. The highest BCUT2D eigenvalue weighted by molar-refractivity contribution is 5.92. The van der Waals surface area contributed by atoms with Crippen LogP contribution in [0.4, 0.5) is 0 Å². The number of benzene rings is 2. The second-order valence-corrected chi connectivity index (χ2v) is 9.24. The molecular formula is C27H31NO6. The van der Waals surface area contributed by atoms with Crippen molar-refractivity contribution in [3.8, 4) is 23.0 Å². The van der Waals surface area contributed by atoms with Gasteiger partial charge in [0.2, 0.25) is 12.7 Å². The van der Waals surface area contributed by atoms with Gasteiger partial charge in [0.05, 0.1) is 25.9 Å². The number of likely N-dealkylation sites (tertiary alicyclic amines) is 1. The summed E-state index contributed by atoms with van der Waals surface area (Å²) in [5, 5.41) is 11.6. The number of carbonyl (C=O) groups excluding carboxylic acids is 1. The first-order valence-corrected chi connectivity index (χ1v) is 11.8. The van der Waals surface area contributed by atoms with Gasteiger partial charge in [-0.2, -0.15) is 0 Å². The minimum absolute atomic E-state index is 0.0705. The van der Waals surface area contributed by atoms with Crippen molar-refractivity contribution in [3.63, 3.8) is 0 Å². The van der Waals surface area contributed by atoms with E-state index in [0.717, 1.165) is 36.8 Å². The fraction of sp³-hybridized carbons (Fsp3) is 0.444. The molecule has 1 N–H and O–H groups in total. The zero-order chi connectivity index (χ0) is 23.7. The Bertz CT molecular complexity index is 1100. The van der Waals surface area contributed by atoms with Crippen LogP contribution in [-0.2, 0) is 4.79 Å². The van der Waals surface area contributed by atoms with E-state index in [2.05, 4.69) is 0 Å². The van der Waals surface area contributed by atoms with E-state index in [1.807, 2.05) is 41.3 Å². The molecule has 0 bridgehead atoms. The molecule has 5 rings (SSSR count). The molecule has 180 valence electrons. The van der Waals surface area contributed by atoms with Gasteiger partial charge in [-0.1, -0.05) is 18.9 Å². The molecule has 3 atom stereocenters. The van der Waals surface area contributed by atoms with Crippen molar-refractivity contribution in [2.75, 3.05) is 27.6 Å². The Kier molecular flexibility index (Phi) is 6.13. The number of nitrogens with zero attached hydrogens (tertiary/aromatic N) is 1. The third-order valence-corrected chi connectivity index (χ3v) is 7.42. The molecule has 34 heavy (non-hydrogen) atoms. The summed E-state index contributed by atoms with van der Waals surface area (Å²) in [6.07, 6.45) is 7.63. The van der Waals surface area contributed by atoms with Crippen LogP contribution in [0.2, 0.25) is 0 Å². The largest absolute Gasteiger partial charge is 0.497 e. The number of rotatable bonds is 5. The quantitative estimate of drug-likeness (QED) is 0.662. The maximum atomic E-state index is 13.6. The minimum atomic E-state index is -0.783. The lowest BCUT2D eigenvalue weighted by Gasteiger charge is -2.52. The Morgan fingerprint density at radius 3 is 2.76 bits per heavy atom. The summed E-state index contributed by atoms with van der Waals surface area (Å²) >= 11 is 0. The van der Waals surface area contributed by atoms with E-state index in [9.17, 15) is 9.90 Å². The monoisotopic (exact) mass is 465 g/mol. The van der Waals surface area contributed by atoms with Gasteiger partial charge in [-0.3, -0.25) is 4.79 Å². The molecule has 2 aromatic carbocycles. The Labute approximate surface area is 199 Å². The van der Waals surface area contributed by atoms with Gasteiger partial charge in [0.1, 0.15) is 11.5 Å². The molecule has 0 spiro atoms. The molecule has 1 saturated carbocycles. The summed E-state index contributed by atoms with van der Waals surface area (Å²) in [7, 11) is 3.26. The molecule has 2 aromatic rings. The van der Waals surface area contributed by atoms with E-state index in [4.69, 9.17) is 18.9 Å². The van der Waals surface area contributed by atoms with Gasteiger partial charge in [-0.25, -0.2) is 0 Å². The van der Waals surface area contributed by atoms with E-state index in [-0.39, 0.29) is 24.7 Å². The number of aliphatic hydroxyl groups is 1. The number of fused-ring (bicyclic) bond motifs is 2. The summed E-state index contributed by atoms with van der Waals surface area (Å²) in [6.45, 7) is 0.686. The molecule has 0 aromatic heterocycles. The third kappa shape index (κ3) is 4.09. The predicted octanol–water partition coefficient (Wildman–Crippen LogP) is 4.34. The van der Waals surface area contributed by atoms with Crippen LogP contribution in [0.25, 0.3) is 6.08 Å². The Balaban J connectivity index is 1.49. The Morgan fingerprint density at radius 2 is 1.94 bits per heavy atom. The van der Waals surface area contributed by atoms with E-state index < -0.39 is 5.60 Å². The van der Waals surface area contributed by atoms with Crippen LogP contribution in [0.15, 0.2) is 42.5 Å². The molecule has 1 aliphatic carbocycles. The molecule has 7 nitrogen and oxygen atoms in total. The van der Waals surface area contributed by atoms with E-state index in [1.54, 1.807) is 26.4 Å². The topological polar surface area (TPSA) is 77.5 Å². The molecule has 1 amide bonds. The first-order valence-electron chi connectivity index (χ1n) is 11.8. The van der Waals surface area contributed by atoms with Crippen molar-refractivity contribution in [1.82, 2.24) is 4.90 Å². The molecule has 7 heteroatoms. The van der Waals surface area contributed by atoms with Crippen LogP contribution in [-0.4, -0.2) is 49.1 Å².